The largest absolute Gasteiger partial charge is 0.481 e. The Kier molecular flexibility index (Phi) is 3.30. The van der Waals surface area contributed by atoms with Gasteiger partial charge in [0.2, 0.25) is 0 Å². The van der Waals surface area contributed by atoms with Crippen molar-refractivity contribution >= 4 is 11.7 Å². The molecule has 98 valence electrons. The van der Waals surface area contributed by atoms with Crippen LogP contribution in [0.2, 0.25) is 0 Å². The molecular weight excluding hydrogens is 230 g/mol. The summed E-state index contributed by atoms with van der Waals surface area (Å²) in [5.41, 5.74) is 2.36. The van der Waals surface area contributed by atoms with Crippen LogP contribution in [0.4, 0.5) is 5.69 Å². The fraction of sp³-hybridized carbons (Fsp3) is 0.500. The van der Waals surface area contributed by atoms with Gasteiger partial charge in [-0.1, -0.05) is 17.7 Å². The molecule has 2 rings (SSSR count). The van der Waals surface area contributed by atoms with Crippen molar-refractivity contribution in [1.29, 1.82) is 0 Å². The first-order valence-electron chi connectivity index (χ1n) is 6.16. The van der Waals surface area contributed by atoms with Crippen LogP contribution in [0.15, 0.2) is 18.2 Å². The van der Waals surface area contributed by atoms with E-state index < -0.39 is 11.6 Å². The maximum Gasteiger partial charge on any atom is 0.306 e. The van der Waals surface area contributed by atoms with Gasteiger partial charge in [-0.15, -0.1) is 0 Å². The lowest BCUT2D eigenvalue weighted by Gasteiger charge is -2.24. The van der Waals surface area contributed by atoms with E-state index in [0.29, 0.717) is 19.5 Å². The normalized spacial score (nSPS) is 23.4. The van der Waals surface area contributed by atoms with Gasteiger partial charge < -0.3 is 15.1 Å². The molecule has 0 saturated carbocycles. The highest BCUT2D eigenvalue weighted by atomic mass is 16.4. The zero-order chi connectivity index (χ0) is 13.3. The Hall–Kier alpha value is -1.55. The number of aryl methyl sites for hydroxylation is 2. The van der Waals surface area contributed by atoms with Crippen LogP contribution < -0.4 is 4.90 Å². The highest BCUT2D eigenvalue weighted by Gasteiger charge is 2.38. The second-order valence-electron chi connectivity index (χ2n) is 5.26. The van der Waals surface area contributed by atoms with Gasteiger partial charge in [0.1, 0.15) is 0 Å². The molecule has 0 radical (unpaired) electrons. The number of carboxylic acids is 1. The minimum absolute atomic E-state index is 0.186. The Balaban J connectivity index is 2.15. The number of hydrogen-bond donors (Lipinski definition) is 2. The molecule has 1 aliphatic heterocycles. The zero-order valence-electron chi connectivity index (χ0n) is 10.8. The summed E-state index contributed by atoms with van der Waals surface area (Å²) < 4.78 is 0. The Morgan fingerprint density at radius 1 is 1.44 bits per heavy atom. The number of benzene rings is 1. The van der Waals surface area contributed by atoms with Crippen molar-refractivity contribution in [2.75, 3.05) is 18.0 Å². The highest BCUT2D eigenvalue weighted by Crippen LogP contribution is 2.31. The summed E-state index contributed by atoms with van der Waals surface area (Å²) in [5.74, 6) is -0.944. The molecule has 2 N–H and O–H groups in total. The first-order valence-corrected chi connectivity index (χ1v) is 6.16. The minimum atomic E-state index is -1.09. The zero-order valence-corrected chi connectivity index (χ0v) is 10.8. The van der Waals surface area contributed by atoms with E-state index in [9.17, 15) is 9.90 Å². The lowest BCUT2D eigenvalue weighted by Crippen LogP contribution is -2.35. The first-order chi connectivity index (χ1) is 8.39. The molecule has 1 aromatic carbocycles. The van der Waals surface area contributed by atoms with Crippen molar-refractivity contribution in [1.82, 2.24) is 0 Å². The second-order valence-corrected chi connectivity index (χ2v) is 5.26. The topological polar surface area (TPSA) is 60.8 Å². The molecule has 1 aliphatic rings. The Bertz CT molecular complexity index is 472. The number of rotatable bonds is 3. The van der Waals surface area contributed by atoms with E-state index in [2.05, 4.69) is 11.0 Å². The van der Waals surface area contributed by atoms with Gasteiger partial charge in [0.25, 0.3) is 0 Å². The molecule has 1 atom stereocenters. The summed E-state index contributed by atoms with van der Waals surface area (Å²) >= 11 is 0. The van der Waals surface area contributed by atoms with E-state index in [-0.39, 0.29) is 6.42 Å². The second kappa shape index (κ2) is 4.61. The monoisotopic (exact) mass is 249 g/mol. The number of carbonyl (C=O) groups is 1. The molecule has 4 heteroatoms. The van der Waals surface area contributed by atoms with Gasteiger partial charge in [-0.25, -0.2) is 0 Å². The molecule has 1 aromatic rings. The van der Waals surface area contributed by atoms with E-state index in [1.54, 1.807) is 0 Å². The number of aliphatic hydroxyl groups is 1. The quantitative estimate of drug-likeness (QED) is 0.856. The van der Waals surface area contributed by atoms with Crippen molar-refractivity contribution < 1.29 is 15.0 Å². The van der Waals surface area contributed by atoms with Crippen LogP contribution in [0, 0.1) is 13.8 Å². The number of hydrogen-bond acceptors (Lipinski definition) is 3. The SMILES string of the molecule is Cc1ccc(N2CCC(O)(CC(=O)O)C2)c(C)c1. The third kappa shape index (κ3) is 2.64. The van der Waals surface area contributed by atoms with Crippen molar-refractivity contribution in [3.8, 4) is 0 Å². The van der Waals surface area contributed by atoms with Crippen LogP contribution >= 0.6 is 0 Å². The summed E-state index contributed by atoms with van der Waals surface area (Å²) in [7, 11) is 0. The third-order valence-corrected chi connectivity index (χ3v) is 3.51. The van der Waals surface area contributed by atoms with E-state index in [1.165, 1.54) is 5.56 Å². The Morgan fingerprint density at radius 2 is 2.17 bits per heavy atom. The van der Waals surface area contributed by atoms with Crippen molar-refractivity contribution in [3.05, 3.63) is 29.3 Å². The van der Waals surface area contributed by atoms with Crippen LogP contribution in [0.1, 0.15) is 24.0 Å². The van der Waals surface area contributed by atoms with Gasteiger partial charge in [-0.05, 0) is 31.9 Å². The first kappa shape index (κ1) is 12.9. The molecule has 0 amide bonds. The number of anilines is 1. The van der Waals surface area contributed by atoms with Crippen LogP contribution in [-0.2, 0) is 4.79 Å². The fourth-order valence-corrected chi connectivity index (χ4v) is 2.65. The molecule has 1 saturated heterocycles. The molecular formula is C14H19NO3. The molecule has 4 nitrogen and oxygen atoms in total. The molecule has 1 heterocycles. The molecule has 0 aliphatic carbocycles. The fourth-order valence-electron chi connectivity index (χ4n) is 2.65. The maximum absolute atomic E-state index is 10.7. The lowest BCUT2D eigenvalue weighted by molar-refractivity contribution is -0.141. The van der Waals surface area contributed by atoms with Gasteiger partial charge in [-0.2, -0.15) is 0 Å². The van der Waals surface area contributed by atoms with Gasteiger partial charge in [0.15, 0.2) is 0 Å². The lowest BCUT2D eigenvalue weighted by atomic mass is 9.99. The van der Waals surface area contributed by atoms with Crippen molar-refractivity contribution in [3.63, 3.8) is 0 Å². The third-order valence-electron chi connectivity index (χ3n) is 3.51. The molecule has 18 heavy (non-hydrogen) atoms. The predicted molar refractivity (Wildman–Crippen MR) is 69.9 cm³/mol. The van der Waals surface area contributed by atoms with E-state index in [0.717, 1.165) is 11.3 Å². The van der Waals surface area contributed by atoms with Crippen LogP contribution in [0.25, 0.3) is 0 Å². The summed E-state index contributed by atoms with van der Waals surface area (Å²) in [4.78, 5) is 12.8. The van der Waals surface area contributed by atoms with Crippen LogP contribution in [0.5, 0.6) is 0 Å². The number of aliphatic carboxylic acids is 1. The summed E-state index contributed by atoms with van der Waals surface area (Å²) in [5, 5.41) is 19.0. The molecule has 0 bridgehead atoms. The summed E-state index contributed by atoms with van der Waals surface area (Å²) in [6.45, 7) is 5.18. The number of β-amino-alcohol motifs (C(OH)–C–C–N with tert-alkyl or cyclic N) is 1. The molecule has 1 unspecified atom stereocenters. The molecule has 0 aromatic heterocycles. The van der Waals surface area contributed by atoms with Crippen molar-refractivity contribution in [2.45, 2.75) is 32.3 Å². The highest BCUT2D eigenvalue weighted by molar-refractivity contribution is 5.69. The average molecular weight is 249 g/mol. The standard InChI is InChI=1S/C14H19NO3/c1-10-3-4-12(11(2)7-10)15-6-5-14(18,9-15)8-13(16)17/h3-4,7,18H,5-6,8-9H2,1-2H3,(H,16,17). The van der Waals surface area contributed by atoms with E-state index in [1.807, 2.05) is 26.0 Å². The van der Waals surface area contributed by atoms with E-state index in [4.69, 9.17) is 5.11 Å². The Labute approximate surface area is 107 Å². The maximum atomic E-state index is 10.7. The van der Waals surface area contributed by atoms with Gasteiger partial charge in [0, 0.05) is 18.8 Å². The molecule has 0 spiro atoms. The van der Waals surface area contributed by atoms with Crippen molar-refractivity contribution in [2.24, 2.45) is 0 Å². The number of carboxylic acid groups (broad SMARTS) is 1. The minimum Gasteiger partial charge on any atom is -0.481 e. The van der Waals surface area contributed by atoms with Crippen LogP contribution in [0.3, 0.4) is 0 Å². The van der Waals surface area contributed by atoms with Crippen LogP contribution in [-0.4, -0.2) is 34.9 Å². The summed E-state index contributed by atoms with van der Waals surface area (Å²) in [6, 6.07) is 6.18. The molecule has 1 fully saturated rings. The van der Waals surface area contributed by atoms with Gasteiger partial charge >= 0.3 is 5.97 Å². The average Bonchev–Trinajstić information content (AvgIpc) is 2.59. The number of nitrogens with zero attached hydrogens (tertiary/aromatic N) is 1. The predicted octanol–water partition coefficient (Wildman–Crippen LogP) is 1.72. The van der Waals surface area contributed by atoms with Gasteiger partial charge in [-0.3, -0.25) is 4.79 Å². The smallest absolute Gasteiger partial charge is 0.306 e. The summed E-state index contributed by atoms with van der Waals surface area (Å²) in [6.07, 6.45) is 0.320. The van der Waals surface area contributed by atoms with E-state index >= 15 is 0 Å². The van der Waals surface area contributed by atoms with Gasteiger partial charge in [0.05, 0.1) is 12.0 Å². The Morgan fingerprint density at radius 3 is 2.78 bits per heavy atom.